The Kier molecular flexibility index (Phi) is 2.39. The molecule has 13 heavy (non-hydrogen) atoms. The molecular formula is C10H12F2O. The van der Waals surface area contributed by atoms with Gasteiger partial charge in [-0.2, -0.15) is 0 Å². The van der Waals surface area contributed by atoms with E-state index in [2.05, 4.69) is 0 Å². The Bertz CT molecular complexity index is 303. The highest BCUT2D eigenvalue weighted by Gasteiger charge is 2.19. The average Bonchev–Trinajstić information content (AvgIpc) is 1.97. The molecule has 1 aromatic rings. The van der Waals surface area contributed by atoms with E-state index in [4.69, 9.17) is 0 Å². The molecule has 1 nitrogen and oxygen atoms in total. The van der Waals surface area contributed by atoms with Gasteiger partial charge in [0.1, 0.15) is 0 Å². The van der Waals surface area contributed by atoms with Gasteiger partial charge in [0, 0.05) is 0 Å². The third-order valence-corrected chi connectivity index (χ3v) is 1.92. The Labute approximate surface area is 76.0 Å². The lowest BCUT2D eigenvalue weighted by Gasteiger charge is -2.18. The summed E-state index contributed by atoms with van der Waals surface area (Å²) in [4.78, 5) is 0. The lowest BCUT2D eigenvalue weighted by molar-refractivity contribution is 0.0780. The van der Waals surface area contributed by atoms with Gasteiger partial charge in [-0.25, -0.2) is 8.78 Å². The van der Waals surface area contributed by atoms with Crippen LogP contribution < -0.4 is 0 Å². The van der Waals surface area contributed by atoms with Gasteiger partial charge in [-0.1, -0.05) is 6.07 Å². The standard InChI is InChI=1S/C10H12F2O/c1-6-4-7(10(2,3)13)5-8(11)9(6)12/h4-5,13H,1-3H3. The summed E-state index contributed by atoms with van der Waals surface area (Å²) in [5.41, 5.74) is -0.555. The minimum atomic E-state index is -1.14. The van der Waals surface area contributed by atoms with Crippen molar-refractivity contribution in [1.82, 2.24) is 0 Å². The van der Waals surface area contributed by atoms with Crippen molar-refractivity contribution in [3.8, 4) is 0 Å². The molecule has 0 saturated carbocycles. The van der Waals surface area contributed by atoms with Crippen molar-refractivity contribution in [2.75, 3.05) is 0 Å². The number of aryl methyl sites for hydroxylation is 1. The van der Waals surface area contributed by atoms with E-state index < -0.39 is 17.2 Å². The Morgan fingerprint density at radius 2 is 1.77 bits per heavy atom. The highest BCUT2D eigenvalue weighted by atomic mass is 19.2. The highest BCUT2D eigenvalue weighted by Crippen LogP contribution is 2.23. The van der Waals surface area contributed by atoms with Gasteiger partial charge in [-0.15, -0.1) is 0 Å². The predicted octanol–water partition coefficient (Wildman–Crippen LogP) is 2.50. The number of hydrogen-bond donors (Lipinski definition) is 1. The Hall–Kier alpha value is -0.960. The van der Waals surface area contributed by atoms with E-state index in [0.29, 0.717) is 5.56 Å². The van der Waals surface area contributed by atoms with Crippen LogP contribution in [0.15, 0.2) is 12.1 Å². The molecule has 1 aromatic carbocycles. The molecule has 0 aliphatic heterocycles. The second-order valence-corrected chi connectivity index (χ2v) is 3.65. The largest absolute Gasteiger partial charge is 0.386 e. The summed E-state index contributed by atoms with van der Waals surface area (Å²) in [7, 11) is 0. The number of hydrogen-bond acceptors (Lipinski definition) is 1. The van der Waals surface area contributed by atoms with Crippen LogP contribution in [-0.2, 0) is 5.60 Å². The summed E-state index contributed by atoms with van der Waals surface area (Å²) in [5.74, 6) is -1.77. The molecule has 0 aromatic heterocycles. The zero-order valence-electron chi connectivity index (χ0n) is 7.86. The average molecular weight is 186 g/mol. The molecule has 0 unspecified atom stereocenters. The Morgan fingerprint density at radius 3 is 2.15 bits per heavy atom. The van der Waals surface area contributed by atoms with Crippen LogP contribution in [0.3, 0.4) is 0 Å². The zero-order valence-corrected chi connectivity index (χ0v) is 7.86. The Balaban J connectivity index is 3.29. The SMILES string of the molecule is Cc1cc(C(C)(C)O)cc(F)c1F. The molecule has 1 rings (SSSR count). The predicted molar refractivity (Wildman–Crippen MR) is 46.3 cm³/mol. The van der Waals surface area contributed by atoms with Gasteiger partial charge in [0.2, 0.25) is 0 Å². The summed E-state index contributed by atoms with van der Waals surface area (Å²) in [6, 6.07) is 2.46. The van der Waals surface area contributed by atoms with Gasteiger partial charge in [-0.05, 0) is 38.0 Å². The number of aliphatic hydroxyl groups is 1. The number of halogens is 2. The molecule has 3 heteroatoms. The van der Waals surface area contributed by atoms with Crippen LogP contribution >= 0.6 is 0 Å². The molecule has 72 valence electrons. The molecule has 0 spiro atoms. The fourth-order valence-electron chi connectivity index (χ4n) is 1.08. The topological polar surface area (TPSA) is 20.2 Å². The quantitative estimate of drug-likeness (QED) is 0.714. The third-order valence-electron chi connectivity index (χ3n) is 1.92. The lowest BCUT2D eigenvalue weighted by atomic mass is 9.96. The summed E-state index contributed by atoms with van der Waals surface area (Å²) < 4.78 is 25.7. The number of benzene rings is 1. The van der Waals surface area contributed by atoms with Gasteiger partial charge in [0.15, 0.2) is 11.6 Å². The minimum Gasteiger partial charge on any atom is -0.386 e. The second kappa shape index (κ2) is 3.07. The van der Waals surface area contributed by atoms with Gasteiger partial charge in [0.05, 0.1) is 5.60 Å². The normalized spacial score (nSPS) is 11.8. The van der Waals surface area contributed by atoms with Crippen molar-refractivity contribution in [3.05, 3.63) is 34.9 Å². The van der Waals surface area contributed by atoms with Crippen LogP contribution in [0.4, 0.5) is 8.78 Å². The van der Waals surface area contributed by atoms with Crippen molar-refractivity contribution >= 4 is 0 Å². The van der Waals surface area contributed by atoms with E-state index in [1.807, 2.05) is 0 Å². The molecule has 0 aliphatic carbocycles. The van der Waals surface area contributed by atoms with Gasteiger partial charge < -0.3 is 5.11 Å². The smallest absolute Gasteiger partial charge is 0.161 e. The van der Waals surface area contributed by atoms with E-state index in [0.717, 1.165) is 6.07 Å². The zero-order chi connectivity index (χ0) is 10.2. The summed E-state index contributed by atoms with van der Waals surface area (Å²) >= 11 is 0. The molecule has 0 bridgehead atoms. The third kappa shape index (κ3) is 2.04. The first-order chi connectivity index (χ1) is 5.82. The first kappa shape index (κ1) is 10.1. The van der Waals surface area contributed by atoms with Crippen molar-refractivity contribution in [2.45, 2.75) is 26.4 Å². The maximum absolute atomic E-state index is 12.9. The van der Waals surface area contributed by atoms with Crippen LogP contribution in [0.25, 0.3) is 0 Å². The van der Waals surface area contributed by atoms with E-state index >= 15 is 0 Å². The monoisotopic (exact) mass is 186 g/mol. The first-order valence-corrected chi connectivity index (χ1v) is 4.01. The lowest BCUT2D eigenvalue weighted by Crippen LogP contribution is -2.16. The summed E-state index contributed by atoms with van der Waals surface area (Å²) in [6.07, 6.45) is 0. The molecule has 0 fully saturated rings. The van der Waals surface area contributed by atoms with E-state index in [9.17, 15) is 13.9 Å². The Morgan fingerprint density at radius 1 is 1.23 bits per heavy atom. The molecule has 0 radical (unpaired) electrons. The fraction of sp³-hybridized carbons (Fsp3) is 0.400. The van der Waals surface area contributed by atoms with Crippen LogP contribution in [0.5, 0.6) is 0 Å². The van der Waals surface area contributed by atoms with Crippen molar-refractivity contribution in [2.24, 2.45) is 0 Å². The maximum Gasteiger partial charge on any atom is 0.161 e. The van der Waals surface area contributed by atoms with Gasteiger partial charge in [0.25, 0.3) is 0 Å². The molecule has 0 amide bonds. The van der Waals surface area contributed by atoms with Crippen LogP contribution in [0, 0.1) is 18.6 Å². The van der Waals surface area contributed by atoms with E-state index in [-0.39, 0.29) is 5.56 Å². The first-order valence-electron chi connectivity index (χ1n) is 4.01. The molecule has 0 saturated heterocycles. The van der Waals surface area contributed by atoms with Gasteiger partial charge in [-0.3, -0.25) is 0 Å². The fourth-order valence-corrected chi connectivity index (χ4v) is 1.08. The van der Waals surface area contributed by atoms with Crippen molar-refractivity contribution in [3.63, 3.8) is 0 Å². The highest BCUT2D eigenvalue weighted by molar-refractivity contribution is 5.28. The van der Waals surface area contributed by atoms with Crippen LogP contribution in [0.2, 0.25) is 0 Å². The van der Waals surface area contributed by atoms with E-state index in [1.165, 1.54) is 26.8 Å². The number of rotatable bonds is 1. The second-order valence-electron chi connectivity index (χ2n) is 3.65. The molecule has 0 atom stereocenters. The molecule has 0 aliphatic rings. The molecule has 0 heterocycles. The van der Waals surface area contributed by atoms with Crippen LogP contribution in [-0.4, -0.2) is 5.11 Å². The van der Waals surface area contributed by atoms with Crippen LogP contribution in [0.1, 0.15) is 25.0 Å². The van der Waals surface area contributed by atoms with Crippen molar-refractivity contribution < 1.29 is 13.9 Å². The van der Waals surface area contributed by atoms with E-state index in [1.54, 1.807) is 0 Å². The summed E-state index contributed by atoms with van der Waals surface area (Å²) in [6.45, 7) is 4.52. The van der Waals surface area contributed by atoms with Gasteiger partial charge >= 0.3 is 0 Å². The molecular weight excluding hydrogens is 174 g/mol. The minimum absolute atomic E-state index is 0.206. The van der Waals surface area contributed by atoms with Crippen molar-refractivity contribution in [1.29, 1.82) is 0 Å². The molecule has 1 N–H and O–H groups in total. The maximum atomic E-state index is 12.9. The summed E-state index contributed by atoms with van der Waals surface area (Å²) in [5, 5.41) is 9.54.